The Labute approximate surface area is 119 Å². The van der Waals surface area contributed by atoms with Crippen LogP contribution in [0.1, 0.15) is 12.0 Å². The average molecular weight is 278 g/mol. The summed E-state index contributed by atoms with van der Waals surface area (Å²) in [6, 6.07) is 7.68. The van der Waals surface area contributed by atoms with Gasteiger partial charge in [-0.25, -0.2) is 0 Å². The normalized spacial score (nSPS) is 15.8. The lowest BCUT2D eigenvalue weighted by molar-refractivity contribution is -0.136. The molecule has 1 fully saturated rings. The van der Waals surface area contributed by atoms with E-state index in [4.69, 9.17) is 9.47 Å². The number of hydrogen-bond donors (Lipinski definition) is 1. The topological polar surface area (TPSA) is 50.8 Å². The highest BCUT2D eigenvalue weighted by molar-refractivity contribution is 5.77. The predicted octanol–water partition coefficient (Wildman–Crippen LogP) is 1.03. The molecule has 0 atom stereocenters. The largest absolute Gasteiger partial charge is 0.497 e. The molecule has 5 heteroatoms. The monoisotopic (exact) mass is 278 g/mol. The quantitative estimate of drug-likeness (QED) is 0.874. The molecule has 0 aromatic heterocycles. The van der Waals surface area contributed by atoms with Crippen molar-refractivity contribution in [3.63, 3.8) is 0 Å². The van der Waals surface area contributed by atoms with Gasteiger partial charge < -0.3 is 19.7 Å². The van der Waals surface area contributed by atoms with Gasteiger partial charge in [0.25, 0.3) is 0 Å². The van der Waals surface area contributed by atoms with Gasteiger partial charge in [-0.1, -0.05) is 12.1 Å². The average Bonchev–Trinajstić information content (AvgIpc) is 2.76. The Balaban J connectivity index is 1.75. The van der Waals surface area contributed by atoms with Gasteiger partial charge in [-0.2, -0.15) is 0 Å². The van der Waals surface area contributed by atoms with Crippen molar-refractivity contribution in [2.45, 2.75) is 13.0 Å². The zero-order chi connectivity index (χ0) is 14.2. The number of hydrogen-bond acceptors (Lipinski definition) is 4. The summed E-state index contributed by atoms with van der Waals surface area (Å²) < 4.78 is 10.7. The van der Waals surface area contributed by atoms with Crippen LogP contribution < -0.4 is 10.1 Å². The minimum Gasteiger partial charge on any atom is -0.497 e. The third-order valence-electron chi connectivity index (χ3n) is 3.32. The lowest BCUT2D eigenvalue weighted by atomic mass is 10.2. The molecule has 0 saturated carbocycles. The van der Waals surface area contributed by atoms with Gasteiger partial charge in [-0.15, -0.1) is 0 Å². The summed E-state index contributed by atoms with van der Waals surface area (Å²) in [6.07, 6.45) is 1.00. The molecule has 1 saturated heterocycles. The van der Waals surface area contributed by atoms with Crippen molar-refractivity contribution in [2.24, 2.45) is 0 Å². The molecular weight excluding hydrogens is 256 g/mol. The number of amides is 1. The van der Waals surface area contributed by atoms with Crippen LogP contribution in [0.2, 0.25) is 0 Å². The zero-order valence-electron chi connectivity index (χ0n) is 11.9. The molecule has 2 rings (SSSR count). The summed E-state index contributed by atoms with van der Waals surface area (Å²) in [5.74, 6) is 0.868. The van der Waals surface area contributed by atoms with Crippen LogP contribution in [0.5, 0.6) is 5.75 Å². The van der Waals surface area contributed by atoms with Crippen LogP contribution >= 0.6 is 0 Å². The molecule has 110 valence electrons. The molecule has 0 unspecified atom stereocenters. The molecule has 1 aliphatic rings. The first-order valence-corrected chi connectivity index (χ1v) is 6.99. The summed E-state index contributed by atoms with van der Waals surface area (Å²) in [6.45, 7) is 3.98. The van der Waals surface area contributed by atoms with Crippen molar-refractivity contribution in [1.82, 2.24) is 10.2 Å². The Kier molecular flexibility index (Phi) is 5.83. The highest BCUT2D eigenvalue weighted by Gasteiger charge is 2.14. The van der Waals surface area contributed by atoms with Crippen LogP contribution in [-0.4, -0.2) is 50.7 Å². The molecule has 1 aliphatic heterocycles. The molecule has 20 heavy (non-hydrogen) atoms. The molecule has 1 aromatic rings. The second kappa shape index (κ2) is 7.87. The third kappa shape index (κ3) is 4.51. The van der Waals surface area contributed by atoms with Crippen LogP contribution in [-0.2, 0) is 16.1 Å². The Hall–Kier alpha value is -1.59. The Bertz CT molecular complexity index is 429. The van der Waals surface area contributed by atoms with Gasteiger partial charge >= 0.3 is 0 Å². The molecule has 0 bridgehead atoms. The second-order valence-electron chi connectivity index (χ2n) is 4.83. The fourth-order valence-electron chi connectivity index (χ4n) is 2.20. The van der Waals surface area contributed by atoms with Gasteiger partial charge in [0, 0.05) is 19.6 Å². The van der Waals surface area contributed by atoms with Crippen LogP contribution in [0.15, 0.2) is 24.3 Å². The maximum atomic E-state index is 12.0. The number of carbonyl (C=O) groups is 1. The van der Waals surface area contributed by atoms with Gasteiger partial charge in [-0.3, -0.25) is 4.79 Å². The lowest BCUT2D eigenvalue weighted by Crippen LogP contribution is -2.36. The second-order valence-corrected chi connectivity index (χ2v) is 4.83. The van der Waals surface area contributed by atoms with Crippen LogP contribution in [0.3, 0.4) is 0 Å². The molecule has 1 N–H and O–H groups in total. The smallest absolute Gasteiger partial charge is 0.248 e. The van der Waals surface area contributed by atoms with E-state index in [0.29, 0.717) is 6.61 Å². The molecule has 1 amide bonds. The standard InChI is InChI=1S/C15H22N2O3/c1-19-14-5-2-4-13(10-14)11-20-12-15(18)17-8-3-6-16-7-9-17/h2,4-5,10,16H,3,6-9,11-12H2,1H3. The molecule has 5 nitrogen and oxygen atoms in total. The Morgan fingerprint density at radius 2 is 2.25 bits per heavy atom. The van der Waals surface area contributed by atoms with E-state index >= 15 is 0 Å². The van der Waals surface area contributed by atoms with Crippen LogP contribution in [0.4, 0.5) is 0 Å². The van der Waals surface area contributed by atoms with Crippen molar-refractivity contribution in [3.05, 3.63) is 29.8 Å². The minimum atomic E-state index is 0.0663. The first-order chi connectivity index (χ1) is 9.79. The summed E-state index contributed by atoms with van der Waals surface area (Å²) in [4.78, 5) is 13.9. The first-order valence-electron chi connectivity index (χ1n) is 6.99. The van der Waals surface area contributed by atoms with E-state index in [9.17, 15) is 4.79 Å². The van der Waals surface area contributed by atoms with Crippen molar-refractivity contribution in [3.8, 4) is 5.75 Å². The maximum absolute atomic E-state index is 12.0. The maximum Gasteiger partial charge on any atom is 0.248 e. The SMILES string of the molecule is COc1cccc(COCC(=O)N2CCCNCC2)c1. The summed E-state index contributed by atoms with van der Waals surface area (Å²) in [7, 11) is 1.64. The highest BCUT2D eigenvalue weighted by Crippen LogP contribution is 2.13. The lowest BCUT2D eigenvalue weighted by Gasteiger charge is -2.19. The van der Waals surface area contributed by atoms with E-state index in [1.54, 1.807) is 7.11 Å². The molecule has 0 spiro atoms. The van der Waals surface area contributed by atoms with Crippen LogP contribution in [0, 0.1) is 0 Å². The first kappa shape index (κ1) is 14.8. The molecule has 1 aromatic carbocycles. The van der Waals surface area contributed by atoms with Gasteiger partial charge in [0.15, 0.2) is 0 Å². The van der Waals surface area contributed by atoms with Gasteiger partial charge in [0.2, 0.25) is 5.91 Å². The van der Waals surface area contributed by atoms with Crippen molar-refractivity contribution < 1.29 is 14.3 Å². The fourth-order valence-corrected chi connectivity index (χ4v) is 2.20. The van der Waals surface area contributed by atoms with E-state index in [1.807, 2.05) is 29.2 Å². The fraction of sp³-hybridized carbons (Fsp3) is 0.533. The zero-order valence-corrected chi connectivity index (χ0v) is 11.9. The third-order valence-corrected chi connectivity index (χ3v) is 3.32. The summed E-state index contributed by atoms with van der Waals surface area (Å²) in [5, 5.41) is 3.28. The number of carbonyl (C=O) groups excluding carboxylic acids is 1. The minimum absolute atomic E-state index is 0.0663. The summed E-state index contributed by atoms with van der Waals surface area (Å²) >= 11 is 0. The van der Waals surface area contributed by atoms with Crippen molar-refractivity contribution >= 4 is 5.91 Å². The van der Waals surface area contributed by atoms with E-state index in [0.717, 1.165) is 43.9 Å². The van der Waals surface area contributed by atoms with E-state index in [-0.39, 0.29) is 12.5 Å². The number of nitrogens with zero attached hydrogens (tertiary/aromatic N) is 1. The van der Waals surface area contributed by atoms with E-state index < -0.39 is 0 Å². The predicted molar refractivity (Wildman–Crippen MR) is 76.7 cm³/mol. The molecular formula is C15H22N2O3. The Morgan fingerprint density at radius 1 is 1.35 bits per heavy atom. The molecule has 0 aliphatic carbocycles. The number of ether oxygens (including phenoxy) is 2. The van der Waals surface area contributed by atoms with Crippen LogP contribution in [0.25, 0.3) is 0 Å². The van der Waals surface area contributed by atoms with Gasteiger partial charge in [0.1, 0.15) is 12.4 Å². The Morgan fingerprint density at radius 3 is 3.10 bits per heavy atom. The number of rotatable bonds is 5. The van der Waals surface area contributed by atoms with Gasteiger partial charge in [0.05, 0.1) is 13.7 Å². The van der Waals surface area contributed by atoms with Crippen molar-refractivity contribution in [2.75, 3.05) is 39.9 Å². The number of benzene rings is 1. The van der Waals surface area contributed by atoms with E-state index in [2.05, 4.69) is 5.32 Å². The molecule has 1 heterocycles. The number of nitrogens with one attached hydrogen (secondary N) is 1. The number of methoxy groups -OCH3 is 1. The highest BCUT2D eigenvalue weighted by atomic mass is 16.5. The van der Waals surface area contributed by atoms with Crippen molar-refractivity contribution in [1.29, 1.82) is 0 Å². The van der Waals surface area contributed by atoms with Gasteiger partial charge in [-0.05, 0) is 30.7 Å². The van der Waals surface area contributed by atoms with E-state index in [1.165, 1.54) is 0 Å². The summed E-state index contributed by atoms with van der Waals surface area (Å²) in [5.41, 5.74) is 1.01. The molecule has 0 radical (unpaired) electrons.